The molecule has 0 aromatic heterocycles. The minimum Gasteiger partial charge on any atom is -0.371 e. The summed E-state index contributed by atoms with van der Waals surface area (Å²) in [5.41, 5.74) is 10.4. The van der Waals surface area contributed by atoms with Crippen LogP contribution >= 0.6 is 0 Å². The molecule has 3 N–H and O–H groups in total. The molecule has 6 nitrogen and oxygen atoms in total. The van der Waals surface area contributed by atoms with Crippen LogP contribution in [0.5, 0.6) is 0 Å². The van der Waals surface area contributed by atoms with Crippen molar-refractivity contribution in [3.63, 3.8) is 0 Å². The average molecular weight is 376 g/mol. The summed E-state index contributed by atoms with van der Waals surface area (Å²) in [5.74, 6) is -0.612. The van der Waals surface area contributed by atoms with Crippen LogP contribution in [0, 0.1) is 12.8 Å². The number of hydrogen-bond donors (Lipinski definition) is 2. The van der Waals surface area contributed by atoms with Gasteiger partial charge in [-0.25, -0.2) is 0 Å². The number of para-hydroxylation sites is 1. The third kappa shape index (κ3) is 3.50. The van der Waals surface area contributed by atoms with Crippen molar-refractivity contribution in [1.82, 2.24) is 0 Å². The standard InChI is InChI=1S/C22H24N4O2/c1-14-12-16(6-7-20(14)26-10-8-15(9-11-26)21(23)27)24-13-18-17-4-2-3-5-19(17)25-22(18)28/h2-7,12-13,15,18H,8-11H2,1H3,(H2,23,27)(H,25,28). The zero-order valence-electron chi connectivity index (χ0n) is 15.9. The molecule has 0 radical (unpaired) electrons. The van der Waals surface area contributed by atoms with Gasteiger partial charge in [-0.3, -0.25) is 14.6 Å². The number of aryl methyl sites for hydroxylation is 1. The van der Waals surface area contributed by atoms with Crippen LogP contribution in [0.25, 0.3) is 0 Å². The fraction of sp³-hybridized carbons (Fsp3) is 0.318. The molecule has 2 heterocycles. The summed E-state index contributed by atoms with van der Waals surface area (Å²) in [4.78, 5) is 30.4. The van der Waals surface area contributed by atoms with Crippen molar-refractivity contribution in [2.45, 2.75) is 25.7 Å². The van der Waals surface area contributed by atoms with E-state index in [-0.39, 0.29) is 23.7 Å². The minimum absolute atomic E-state index is 0.0131. The van der Waals surface area contributed by atoms with E-state index in [1.165, 1.54) is 0 Å². The van der Waals surface area contributed by atoms with Crippen molar-refractivity contribution in [3.8, 4) is 0 Å². The van der Waals surface area contributed by atoms with E-state index in [4.69, 9.17) is 5.73 Å². The lowest BCUT2D eigenvalue weighted by Gasteiger charge is -2.33. The molecule has 0 aliphatic carbocycles. The lowest BCUT2D eigenvalue weighted by Crippen LogP contribution is -2.38. The number of carbonyl (C=O) groups is 2. The van der Waals surface area contributed by atoms with Gasteiger partial charge in [-0.05, 0) is 55.2 Å². The van der Waals surface area contributed by atoms with Crippen LogP contribution < -0.4 is 16.0 Å². The highest BCUT2D eigenvalue weighted by Crippen LogP contribution is 2.32. The molecule has 2 aliphatic heterocycles. The molecule has 2 amide bonds. The number of aliphatic imine (C=N–C) groups is 1. The maximum Gasteiger partial charge on any atom is 0.237 e. The van der Waals surface area contributed by atoms with E-state index < -0.39 is 0 Å². The number of nitrogens with two attached hydrogens (primary N) is 1. The van der Waals surface area contributed by atoms with Gasteiger partial charge in [0.2, 0.25) is 11.8 Å². The highest BCUT2D eigenvalue weighted by atomic mass is 16.2. The number of anilines is 2. The maximum atomic E-state index is 12.2. The molecule has 1 fully saturated rings. The molecule has 1 atom stereocenters. The van der Waals surface area contributed by atoms with Gasteiger partial charge in [0.25, 0.3) is 0 Å². The first-order chi connectivity index (χ1) is 13.5. The quantitative estimate of drug-likeness (QED) is 0.804. The molecule has 2 aromatic rings. The molecular weight excluding hydrogens is 352 g/mol. The number of piperidine rings is 1. The predicted molar refractivity (Wildman–Crippen MR) is 111 cm³/mol. The van der Waals surface area contributed by atoms with Crippen molar-refractivity contribution in [1.29, 1.82) is 0 Å². The lowest BCUT2D eigenvalue weighted by molar-refractivity contribution is -0.122. The van der Waals surface area contributed by atoms with Gasteiger partial charge in [-0.15, -0.1) is 0 Å². The monoisotopic (exact) mass is 376 g/mol. The summed E-state index contributed by atoms with van der Waals surface area (Å²) in [6.07, 6.45) is 3.31. The van der Waals surface area contributed by atoms with E-state index in [1.807, 2.05) is 36.4 Å². The fourth-order valence-corrected chi connectivity index (χ4v) is 4.02. The second kappa shape index (κ2) is 7.46. The van der Waals surface area contributed by atoms with Crippen molar-refractivity contribution in [3.05, 3.63) is 53.6 Å². The molecule has 1 saturated heterocycles. The van der Waals surface area contributed by atoms with Crippen LogP contribution in [0.1, 0.15) is 29.9 Å². The summed E-state index contributed by atoms with van der Waals surface area (Å²) in [6, 6.07) is 13.8. The zero-order chi connectivity index (χ0) is 19.7. The minimum atomic E-state index is -0.357. The van der Waals surface area contributed by atoms with Gasteiger partial charge in [0.15, 0.2) is 0 Å². The SMILES string of the molecule is Cc1cc(N=CC2C(=O)Nc3ccccc32)ccc1N1CCC(C(N)=O)CC1. The topological polar surface area (TPSA) is 87.8 Å². The molecule has 1 unspecified atom stereocenters. The smallest absolute Gasteiger partial charge is 0.237 e. The zero-order valence-corrected chi connectivity index (χ0v) is 15.9. The van der Waals surface area contributed by atoms with E-state index in [0.29, 0.717) is 0 Å². The molecule has 28 heavy (non-hydrogen) atoms. The van der Waals surface area contributed by atoms with Crippen molar-refractivity contribution < 1.29 is 9.59 Å². The van der Waals surface area contributed by atoms with Crippen LogP contribution in [-0.4, -0.2) is 31.1 Å². The van der Waals surface area contributed by atoms with Gasteiger partial charge < -0.3 is 16.0 Å². The van der Waals surface area contributed by atoms with Crippen LogP contribution in [0.3, 0.4) is 0 Å². The first-order valence-electron chi connectivity index (χ1n) is 9.62. The fourth-order valence-electron chi connectivity index (χ4n) is 4.02. The molecule has 0 saturated carbocycles. The van der Waals surface area contributed by atoms with Crippen molar-refractivity contribution in [2.24, 2.45) is 16.6 Å². The Morgan fingerprint density at radius 2 is 1.96 bits per heavy atom. The molecule has 2 aliphatic rings. The van der Waals surface area contributed by atoms with Crippen LogP contribution in [-0.2, 0) is 9.59 Å². The summed E-state index contributed by atoms with van der Waals surface area (Å²) < 4.78 is 0. The van der Waals surface area contributed by atoms with Gasteiger partial charge >= 0.3 is 0 Å². The Hall–Kier alpha value is -3.15. The van der Waals surface area contributed by atoms with E-state index in [2.05, 4.69) is 28.2 Å². The van der Waals surface area contributed by atoms with Gasteiger partial charge in [-0.1, -0.05) is 18.2 Å². The Morgan fingerprint density at radius 1 is 1.21 bits per heavy atom. The second-order valence-corrected chi connectivity index (χ2v) is 7.47. The van der Waals surface area contributed by atoms with Crippen molar-refractivity contribution in [2.75, 3.05) is 23.3 Å². The number of nitrogens with one attached hydrogen (secondary N) is 1. The maximum absolute atomic E-state index is 12.2. The van der Waals surface area contributed by atoms with Crippen molar-refractivity contribution >= 4 is 35.1 Å². The van der Waals surface area contributed by atoms with Crippen LogP contribution in [0.2, 0.25) is 0 Å². The Morgan fingerprint density at radius 3 is 2.68 bits per heavy atom. The Bertz CT molecular complexity index is 945. The normalized spacial score (nSPS) is 19.7. The summed E-state index contributed by atoms with van der Waals surface area (Å²) >= 11 is 0. The Labute approximate surface area is 164 Å². The van der Waals surface area contributed by atoms with Crippen LogP contribution in [0.15, 0.2) is 47.5 Å². The van der Waals surface area contributed by atoms with E-state index in [0.717, 1.165) is 54.1 Å². The highest BCUT2D eigenvalue weighted by molar-refractivity contribution is 6.12. The third-order valence-electron chi connectivity index (χ3n) is 5.63. The average Bonchev–Trinajstić information content (AvgIpc) is 3.01. The number of primary amides is 1. The molecule has 6 heteroatoms. The molecule has 0 spiro atoms. The van der Waals surface area contributed by atoms with E-state index in [9.17, 15) is 9.59 Å². The Balaban J connectivity index is 1.47. The Kier molecular flexibility index (Phi) is 4.86. The lowest BCUT2D eigenvalue weighted by atomic mass is 9.95. The molecule has 4 rings (SSSR count). The highest BCUT2D eigenvalue weighted by Gasteiger charge is 2.28. The van der Waals surface area contributed by atoms with E-state index in [1.54, 1.807) is 6.21 Å². The van der Waals surface area contributed by atoms with E-state index >= 15 is 0 Å². The molecule has 2 aromatic carbocycles. The summed E-state index contributed by atoms with van der Waals surface area (Å²) in [7, 11) is 0. The summed E-state index contributed by atoms with van der Waals surface area (Å²) in [6.45, 7) is 3.72. The van der Waals surface area contributed by atoms with Crippen LogP contribution in [0.4, 0.5) is 17.1 Å². The number of fused-ring (bicyclic) bond motifs is 1. The number of nitrogens with zero attached hydrogens (tertiary/aromatic N) is 2. The number of benzene rings is 2. The first-order valence-corrected chi connectivity index (χ1v) is 9.62. The number of amides is 2. The van der Waals surface area contributed by atoms with Gasteiger partial charge in [0.1, 0.15) is 5.92 Å². The van der Waals surface area contributed by atoms with Gasteiger partial charge in [-0.2, -0.15) is 0 Å². The second-order valence-electron chi connectivity index (χ2n) is 7.47. The molecule has 0 bridgehead atoms. The first kappa shape index (κ1) is 18.2. The number of carbonyl (C=O) groups excluding carboxylic acids is 2. The third-order valence-corrected chi connectivity index (χ3v) is 5.63. The summed E-state index contributed by atoms with van der Waals surface area (Å²) in [5, 5.41) is 2.89. The largest absolute Gasteiger partial charge is 0.371 e. The predicted octanol–water partition coefficient (Wildman–Crippen LogP) is 3.13. The number of rotatable bonds is 4. The number of hydrogen-bond acceptors (Lipinski definition) is 4. The molecule has 144 valence electrons. The van der Waals surface area contributed by atoms with Gasteiger partial charge in [0.05, 0.1) is 5.69 Å². The molecular formula is C22H24N4O2. The van der Waals surface area contributed by atoms with Gasteiger partial charge in [0, 0.05) is 36.6 Å².